The van der Waals surface area contributed by atoms with Gasteiger partial charge in [-0.1, -0.05) is 12.2 Å². The zero-order valence-electron chi connectivity index (χ0n) is 14.4. The third-order valence-electron chi connectivity index (χ3n) is 5.21. The number of nitrogens with zero attached hydrogens (tertiary/aromatic N) is 1. The smallest absolute Gasteiger partial charge is 0.302 e. The Balaban J connectivity index is 1.70. The molecule has 0 aromatic carbocycles. The van der Waals surface area contributed by atoms with Crippen molar-refractivity contribution in [3.05, 3.63) is 12.2 Å². The van der Waals surface area contributed by atoms with Gasteiger partial charge < -0.3 is 14.2 Å². The molecule has 0 aromatic heterocycles. The summed E-state index contributed by atoms with van der Waals surface area (Å²) in [7, 11) is 0. The standard InChI is InChI=1S/C18H29NO4/c1-12(2)19-15(8-9-17-21-10-5-11-22-17)14-6-4-7-16(19)18(14)23-13(3)20/h4,7,12,14-18H,5-6,8-11H2,1-3H3/t14-,15-,16-,18+/m1/s1. The summed E-state index contributed by atoms with van der Waals surface area (Å²) in [5.41, 5.74) is 0. The molecule has 0 aromatic rings. The largest absolute Gasteiger partial charge is 0.460 e. The summed E-state index contributed by atoms with van der Waals surface area (Å²) >= 11 is 0. The number of fused-ring (bicyclic) bond motifs is 2. The van der Waals surface area contributed by atoms with Crippen LogP contribution in [0.4, 0.5) is 0 Å². The predicted octanol–water partition coefficient (Wildman–Crippen LogP) is 2.50. The number of hydrogen-bond donors (Lipinski definition) is 0. The monoisotopic (exact) mass is 323 g/mol. The van der Waals surface area contributed by atoms with E-state index < -0.39 is 0 Å². The van der Waals surface area contributed by atoms with Gasteiger partial charge in [0.05, 0.1) is 19.3 Å². The van der Waals surface area contributed by atoms with Crippen molar-refractivity contribution >= 4 is 5.97 Å². The molecule has 0 spiro atoms. The Bertz CT molecular complexity index is 444. The van der Waals surface area contributed by atoms with Crippen molar-refractivity contribution in [3.8, 4) is 0 Å². The molecule has 0 saturated carbocycles. The molecule has 23 heavy (non-hydrogen) atoms. The number of ether oxygens (including phenoxy) is 3. The van der Waals surface area contributed by atoms with Gasteiger partial charge in [0.1, 0.15) is 6.10 Å². The van der Waals surface area contributed by atoms with Gasteiger partial charge in [0.25, 0.3) is 0 Å². The minimum absolute atomic E-state index is 0.0157. The molecule has 2 saturated heterocycles. The van der Waals surface area contributed by atoms with Gasteiger partial charge in [-0.25, -0.2) is 0 Å². The van der Waals surface area contributed by atoms with E-state index in [0.717, 1.165) is 38.9 Å². The summed E-state index contributed by atoms with van der Waals surface area (Å²) in [6.07, 6.45) is 8.27. The highest BCUT2D eigenvalue weighted by atomic mass is 16.7. The second-order valence-electron chi connectivity index (χ2n) is 7.10. The molecule has 0 amide bonds. The number of esters is 1. The molecule has 2 bridgehead atoms. The van der Waals surface area contributed by atoms with E-state index in [1.54, 1.807) is 0 Å². The maximum absolute atomic E-state index is 11.5. The first kappa shape index (κ1) is 16.9. The van der Waals surface area contributed by atoms with Gasteiger partial charge in [0.2, 0.25) is 0 Å². The molecule has 0 unspecified atom stereocenters. The van der Waals surface area contributed by atoms with Crippen LogP contribution in [0.5, 0.6) is 0 Å². The average molecular weight is 323 g/mol. The molecule has 0 radical (unpaired) electrons. The van der Waals surface area contributed by atoms with Crippen molar-refractivity contribution < 1.29 is 19.0 Å². The first-order valence-corrected chi connectivity index (χ1v) is 8.92. The van der Waals surface area contributed by atoms with Crippen molar-refractivity contribution in [2.45, 2.75) is 77.0 Å². The molecule has 130 valence electrons. The molecule has 2 heterocycles. The second kappa shape index (κ2) is 7.32. The Morgan fingerprint density at radius 3 is 2.70 bits per heavy atom. The van der Waals surface area contributed by atoms with E-state index in [1.807, 2.05) is 0 Å². The Labute approximate surface area is 138 Å². The molecular weight excluding hydrogens is 294 g/mol. The SMILES string of the molecule is CC(=O)O[C@H]1[C@@H]2CC=C[C@H]1N(C(C)C)[C@@H]2CCC1OCCCO1. The Hall–Kier alpha value is -0.910. The van der Waals surface area contributed by atoms with Crippen LogP contribution in [0, 0.1) is 5.92 Å². The third-order valence-corrected chi connectivity index (χ3v) is 5.21. The maximum atomic E-state index is 11.5. The molecule has 0 N–H and O–H groups in total. The fourth-order valence-corrected chi connectivity index (χ4v) is 4.41. The molecule has 3 aliphatic rings. The first-order chi connectivity index (χ1) is 11.1. The van der Waals surface area contributed by atoms with Crippen LogP contribution in [-0.2, 0) is 19.0 Å². The van der Waals surface area contributed by atoms with Crippen LogP contribution in [0.1, 0.15) is 46.5 Å². The predicted molar refractivity (Wildman–Crippen MR) is 86.9 cm³/mol. The van der Waals surface area contributed by atoms with Crippen LogP contribution in [0.25, 0.3) is 0 Å². The van der Waals surface area contributed by atoms with Crippen molar-refractivity contribution in [1.82, 2.24) is 4.90 Å². The minimum Gasteiger partial charge on any atom is -0.460 e. The van der Waals surface area contributed by atoms with Crippen LogP contribution >= 0.6 is 0 Å². The van der Waals surface area contributed by atoms with Crippen LogP contribution in [-0.4, -0.2) is 54.6 Å². The number of rotatable bonds is 5. The maximum Gasteiger partial charge on any atom is 0.302 e. The number of likely N-dealkylation sites (tertiary alicyclic amines) is 1. The number of allylic oxidation sites excluding steroid dienone is 1. The third kappa shape index (κ3) is 3.62. The Morgan fingerprint density at radius 1 is 1.30 bits per heavy atom. The van der Waals surface area contributed by atoms with E-state index >= 15 is 0 Å². The van der Waals surface area contributed by atoms with Crippen molar-refractivity contribution in [1.29, 1.82) is 0 Å². The van der Waals surface area contributed by atoms with Gasteiger partial charge in [-0.2, -0.15) is 0 Å². The second-order valence-corrected chi connectivity index (χ2v) is 7.10. The van der Waals surface area contributed by atoms with Gasteiger partial charge in [-0.05, 0) is 39.5 Å². The molecule has 5 heteroatoms. The minimum atomic E-state index is -0.177. The summed E-state index contributed by atoms with van der Waals surface area (Å²) in [6.45, 7) is 7.55. The normalized spacial score (nSPS) is 35.0. The molecule has 5 nitrogen and oxygen atoms in total. The number of hydrogen-bond acceptors (Lipinski definition) is 5. The van der Waals surface area contributed by atoms with Crippen LogP contribution in [0.15, 0.2) is 12.2 Å². The van der Waals surface area contributed by atoms with Crippen molar-refractivity contribution in [2.75, 3.05) is 13.2 Å². The lowest BCUT2D eigenvalue weighted by molar-refractivity contribution is -0.183. The van der Waals surface area contributed by atoms with E-state index in [0.29, 0.717) is 18.0 Å². The quantitative estimate of drug-likeness (QED) is 0.575. The fourth-order valence-electron chi connectivity index (χ4n) is 4.41. The van der Waals surface area contributed by atoms with E-state index in [2.05, 4.69) is 30.9 Å². The van der Waals surface area contributed by atoms with E-state index in [-0.39, 0.29) is 24.4 Å². The molecular formula is C18H29NO4. The summed E-state index contributed by atoms with van der Waals surface area (Å²) in [5.74, 6) is 0.198. The van der Waals surface area contributed by atoms with E-state index in [4.69, 9.17) is 14.2 Å². The summed E-state index contributed by atoms with van der Waals surface area (Å²) in [6, 6.07) is 1.04. The summed E-state index contributed by atoms with van der Waals surface area (Å²) < 4.78 is 17.1. The molecule has 3 rings (SSSR count). The fraction of sp³-hybridized carbons (Fsp3) is 0.833. The molecule has 1 aliphatic carbocycles. The van der Waals surface area contributed by atoms with Crippen LogP contribution < -0.4 is 0 Å². The highest BCUT2D eigenvalue weighted by Gasteiger charge is 2.51. The lowest BCUT2D eigenvalue weighted by Crippen LogP contribution is -2.43. The van der Waals surface area contributed by atoms with Crippen LogP contribution in [0.2, 0.25) is 0 Å². The number of carbonyl (C=O) groups is 1. The van der Waals surface area contributed by atoms with Crippen molar-refractivity contribution in [2.24, 2.45) is 5.92 Å². The van der Waals surface area contributed by atoms with Crippen molar-refractivity contribution in [3.63, 3.8) is 0 Å². The zero-order valence-corrected chi connectivity index (χ0v) is 14.4. The molecule has 2 fully saturated rings. The van der Waals surface area contributed by atoms with E-state index in [9.17, 15) is 4.79 Å². The summed E-state index contributed by atoms with van der Waals surface area (Å²) in [5, 5.41) is 0. The average Bonchev–Trinajstić information content (AvgIpc) is 2.68. The van der Waals surface area contributed by atoms with Gasteiger partial charge in [0.15, 0.2) is 6.29 Å². The Kier molecular flexibility index (Phi) is 5.39. The molecule has 2 aliphatic heterocycles. The van der Waals surface area contributed by atoms with Gasteiger partial charge in [-0.15, -0.1) is 0 Å². The zero-order chi connectivity index (χ0) is 16.4. The van der Waals surface area contributed by atoms with Gasteiger partial charge >= 0.3 is 5.97 Å². The van der Waals surface area contributed by atoms with Gasteiger partial charge in [-0.3, -0.25) is 9.69 Å². The topological polar surface area (TPSA) is 48.0 Å². The highest BCUT2D eigenvalue weighted by Crippen LogP contribution is 2.42. The summed E-state index contributed by atoms with van der Waals surface area (Å²) in [4.78, 5) is 14.0. The molecule has 4 atom stereocenters. The van der Waals surface area contributed by atoms with Crippen LogP contribution in [0.3, 0.4) is 0 Å². The van der Waals surface area contributed by atoms with Gasteiger partial charge in [0, 0.05) is 24.9 Å². The first-order valence-electron chi connectivity index (χ1n) is 8.92. The highest BCUT2D eigenvalue weighted by molar-refractivity contribution is 5.66. The number of carbonyl (C=O) groups excluding carboxylic acids is 1. The lowest BCUT2D eigenvalue weighted by atomic mass is 9.86. The van der Waals surface area contributed by atoms with E-state index in [1.165, 1.54) is 6.92 Å². The Morgan fingerprint density at radius 2 is 2.04 bits per heavy atom. The lowest BCUT2D eigenvalue weighted by Gasteiger charge is -2.33.